The average molecular weight is 258 g/mol. The van der Waals surface area contributed by atoms with Gasteiger partial charge in [0.1, 0.15) is 5.82 Å². The van der Waals surface area contributed by atoms with E-state index in [1.165, 1.54) is 0 Å². The van der Waals surface area contributed by atoms with Crippen molar-refractivity contribution in [3.8, 4) is 0 Å². The molecule has 0 heterocycles. The van der Waals surface area contributed by atoms with Gasteiger partial charge in [0.2, 0.25) is 0 Å². The predicted octanol–water partition coefficient (Wildman–Crippen LogP) is 2.05. The summed E-state index contributed by atoms with van der Waals surface area (Å²) in [5, 5.41) is 9.59. The molecular formula is C6H2ClF2NO4S. The molecule has 0 fully saturated rings. The van der Waals surface area contributed by atoms with E-state index in [1.807, 2.05) is 0 Å². The molecule has 0 N–H and O–H groups in total. The second kappa shape index (κ2) is 3.70. The Kier molecular flexibility index (Phi) is 2.91. The van der Waals surface area contributed by atoms with Gasteiger partial charge in [0.05, 0.1) is 16.0 Å². The molecular weight excluding hydrogens is 256 g/mol. The normalized spacial score (nSPS) is 11.4. The quantitative estimate of drug-likeness (QED) is 0.461. The third-order valence-electron chi connectivity index (χ3n) is 1.46. The van der Waals surface area contributed by atoms with Gasteiger partial charge in [-0.1, -0.05) is 11.6 Å². The van der Waals surface area contributed by atoms with Crippen molar-refractivity contribution >= 4 is 27.5 Å². The number of nitrogens with zero attached hydrogens (tertiary/aromatic N) is 1. The number of hydrogen-bond donors (Lipinski definition) is 0. The van der Waals surface area contributed by atoms with Gasteiger partial charge in [-0.2, -0.15) is 8.42 Å². The molecule has 0 atom stereocenters. The van der Waals surface area contributed by atoms with E-state index in [0.29, 0.717) is 6.07 Å². The molecule has 5 nitrogen and oxygen atoms in total. The van der Waals surface area contributed by atoms with E-state index in [0.717, 1.165) is 0 Å². The lowest BCUT2D eigenvalue weighted by Gasteiger charge is -1.99. The van der Waals surface area contributed by atoms with E-state index in [4.69, 9.17) is 11.6 Å². The summed E-state index contributed by atoms with van der Waals surface area (Å²) in [5.41, 5.74) is -1.20. The summed E-state index contributed by atoms with van der Waals surface area (Å²) in [6.45, 7) is 0. The van der Waals surface area contributed by atoms with Crippen LogP contribution in [0.25, 0.3) is 0 Å². The highest BCUT2D eigenvalue weighted by atomic mass is 35.5. The average Bonchev–Trinajstić information content (AvgIpc) is 2.06. The van der Waals surface area contributed by atoms with Crippen LogP contribution in [0.2, 0.25) is 5.02 Å². The minimum Gasteiger partial charge on any atom is -0.258 e. The number of benzene rings is 1. The van der Waals surface area contributed by atoms with Crippen LogP contribution >= 0.6 is 11.6 Å². The smallest absolute Gasteiger partial charge is 0.258 e. The first kappa shape index (κ1) is 11.8. The minimum atomic E-state index is -5.31. The Bertz CT molecular complexity index is 530. The van der Waals surface area contributed by atoms with Crippen LogP contribution in [-0.2, 0) is 10.2 Å². The Hall–Kier alpha value is -1.28. The zero-order valence-corrected chi connectivity index (χ0v) is 8.35. The first-order chi connectivity index (χ1) is 6.73. The molecule has 15 heavy (non-hydrogen) atoms. The van der Waals surface area contributed by atoms with Crippen LogP contribution < -0.4 is 0 Å². The van der Waals surface area contributed by atoms with E-state index in [1.54, 1.807) is 0 Å². The number of halogens is 3. The molecule has 1 aromatic rings. The van der Waals surface area contributed by atoms with Gasteiger partial charge < -0.3 is 0 Å². The van der Waals surface area contributed by atoms with Crippen LogP contribution in [0, 0.1) is 15.9 Å². The van der Waals surface area contributed by atoms with Crippen LogP contribution in [0.1, 0.15) is 0 Å². The SMILES string of the molecule is O=[N+]([O-])c1cc(F)c(Cl)cc1S(=O)(=O)F. The van der Waals surface area contributed by atoms with Gasteiger partial charge >= 0.3 is 10.2 Å². The summed E-state index contributed by atoms with van der Waals surface area (Å²) in [6, 6.07) is 0.596. The van der Waals surface area contributed by atoms with E-state index in [9.17, 15) is 26.8 Å². The third kappa shape index (κ3) is 2.39. The maximum Gasteiger partial charge on any atom is 0.339 e. The van der Waals surface area contributed by atoms with E-state index < -0.39 is 36.6 Å². The van der Waals surface area contributed by atoms with Gasteiger partial charge in [0, 0.05) is 0 Å². The molecule has 1 aromatic carbocycles. The van der Waals surface area contributed by atoms with Gasteiger partial charge in [-0.25, -0.2) is 4.39 Å². The first-order valence-corrected chi connectivity index (χ1v) is 5.07. The summed E-state index contributed by atoms with van der Waals surface area (Å²) in [4.78, 5) is 7.82. The maximum atomic E-state index is 12.8. The van der Waals surface area contributed by atoms with Crippen molar-refractivity contribution < 1.29 is 21.6 Å². The van der Waals surface area contributed by atoms with Crippen LogP contribution in [0.4, 0.5) is 14.0 Å². The summed E-state index contributed by atoms with van der Waals surface area (Å²) in [7, 11) is -5.31. The fraction of sp³-hybridized carbons (Fsp3) is 0. The van der Waals surface area contributed by atoms with Crippen molar-refractivity contribution in [2.24, 2.45) is 0 Å². The minimum absolute atomic E-state index is 0.245. The molecule has 0 aliphatic carbocycles. The summed E-state index contributed by atoms with van der Waals surface area (Å²) < 4.78 is 46.2. The Morgan fingerprint density at radius 2 is 1.93 bits per heavy atom. The van der Waals surface area contributed by atoms with Crippen LogP contribution in [0.5, 0.6) is 0 Å². The second-order valence-corrected chi connectivity index (χ2v) is 4.15. The van der Waals surface area contributed by atoms with E-state index in [-0.39, 0.29) is 6.07 Å². The van der Waals surface area contributed by atoms with Crippen molar-refractivity contribution in [2.45, 2.75) is 4.90 Å². The van der Waals surface area contributed by atoms with Gasteiger partial charge in [0.15, 0.2) is 4.90 Å². The lowest BCUT2D eigenvalue weighted by atomic mass is 10.3. The molecule has 0 saturated heterocycles. The van der Waals surface area contributed by atoms with Gasteiger partial charge in [-0.3, -0.25) is 10.1 Å². The van der Waals surface area contributed by atoms with E-state index in [2.05, 4.69) is 0 Å². The zero-order chi connectivity index (χ0) is 11.8. The summed E-state index contributed by atoms with van der Waals surface area (Å²) in [6.07, 6.45) is 0. The number of hydrogen-bond acceptors (Lipinski definition) is 4. The third-order valence-corrected chi connectivity index (χ3v) is 2.60. The lowest BCUT2D eigenvalue weighted by Crippen LogP contribution is -2.00. The van der Waals surface area contributed by atoms with E-state index >= 15 is 0 Å². The summed E-state index contributed by atoms with van der Waals surface area (Å²) >= 11 is 5.17. The Labute approximate surface area is 87.6 Å². The molecule has 0 aliphatic rings. The number of nitro groups is 1. The van der Waals surface area contributed by atoms with Crippen molar-refractivity contribution in [2.75, 3.05) is 0 Å². The predicted molar refractivity (Wildman–Crippen MR) is 46.4 cm³/mol. The number of nitro benzene ring substituents is 1. The highest BCUT2D eigenvalue weighted by Gasteiger charge is 2.27. The maximum absolute atomic E-state index is 12.8. The topological polar surface area (TPSA) is 77.3 Å². The molecule has 0 saturated carbocycles. The molecule has 0 radical (unpaired) electrons. The highest BCUT2D eigenvalue weighted by molar-refractivity contribution is 7.86. The zero-order valence-electron chi connectivity index (χ0n) is 6.78. The second-order valence-electron chi connectivity index (χ2n) is 2.43. The molecule has 0 aromatic heterocycles. The standard InChI is InChI=1S/C6H2ClF2NO4S/c7-3-1-6(15(9,13)14)5(10(11)12)2-4(3)8/h1-2H. The van der Waals surface area contributed by atoms with Crippen molar-refractivity contribution in [3.05, 3.63) is 33.1 Å². The van der Waals surface area contributed by atoms with Gasteiger partial charge in [-0.05, 0) is 6.07 Å². The van der Waals surface area contributed by atoms with Gasteiger partial charge in [-0.15, -0.1) is 3.89 Å². The van der Waals surface area contributed by atoms with Crippen LogP contribution in [-0.4, -0.2) is 13.3 Å². The van der Waals surface area contributed by atoms with Crippen LogP contribution in [0.3, 0.4) is 0 Å². The highest BCUT2D eigenvalue weighted by Crippen LogP contribution is 2.30. The summed E-state index contributed by atoms with van der Waals surface area (Å²) in [5.74, 6) is -1.20. The van der Waals surface area contributed by atoms with Crippen LogP contribution in [0.15, 0.2) is 17.0 Å². The van der Waals surface area contributed by atoms with Gasteiger partial charge in [0.25, 0.3) is 5.69 Å². The molecule has 0 bridgehead atoms. The Morgan fingerprint density at radius 3 is 2.33 bits per heavy atom. The fourth-order valence-electron chi connectivity index (χ4n) is 0.856. The fourth-order valence-corrected chi connectivity index (χ4v) is 1.73. The largest absolute Gasteiger partial charge is 0.339 e. The van der Waals surface area contributed by atoms with Crippen molar-refractivity contribution in [1.82, 2.24) is 0 Å². The Morgan fingerprint density at radius 1 is 1.40 bits per heavy atom. The molecule has 1 rings (SSSR count). The molecule has 82 valence electrons. The van der Waals surface area contributed by atoms with Crippen molar-refractivity contribution in [1.29, 1.82) is 0 Å². The molecule has 0 amide bonds. The first-order valence-electron chi connectivity index (χ1n) is 3.31. The molecule has 9 heteroatoms. The monoisotopic (exact) mass is 257 g/mol. The molecule has 0 spiro atoms. The number of rotatable bonds is 2. The molecule has 0 unspecified atom stereocenters. The van der Waals surface area contributed by atoms with Crippen molar-refractivity contribution in [3.63, 3.8) is 0 Å². The Balaban J connectivity index is 3.64. The lowest BCUT2D eigenvalue weighted by molar-refractivity contribution is -0.388. The molecule has 0 aliphatic heterocycles.